The van der Waals surface area contributed by atoms with Crippen molar-refractivity contribution in [1.82, 2.24) is 19.7 Å². The van der Waals surface area contributed by atoms with E-state index < -0.39 is 0 Å². The first kappa shape index (κ1) is 14.1. The summed E-state index contributed by atoms with van der Waals surface area (Å²) in [4.78, 5) is 8.60. The van der Waals surface area contributed by atoms with Crippen LogP contribution < -0.4 is 5.43 Å². The highest BCUT2D eigenvalue weighted by Gasteiger charge is 2.10. The highest BCUT2D eigenvalue weighted by atomic mass is 15.3. The van der Waals surface area contributed by atoms with E-state index in [9.17, 15) is 0 Å². The third-order valence-corrected chi connectivity index (χ3v) is 3.55. The van der Waals surface area contributed by atoms with Gasteiger partial charge in [-0.2, -0.15) is 10.2 Å². The molecule has 0 atom stereocenters. The van der Waals surface area contributed by atoms with Gasteiger partial charge in [0.1, 0.15) is 6.33 Å². The predicted molar refractivity (Wildman–Crippen MR) is 94.3 cm³/mol. The van der Waals surface area contributed by atoms with Crippen molar-refractivity contribution in [2.45, 2.75) is 0 Å². The molecular weight excluding hydrogens is 300 g/mol. The molecule has 116 valence electrons. The van der Waals surface area contributed by atoms with Gasteiger partial charge in [-0.15, -0.1) is 0 Å². The molecule has 2 aromatic heterocycles. The predicted octanol–water partition coefficient (Wildman–Crippen LogP) is 3.26. The molecule has 6 heteroatoms. The molecule has 2 aromatic carbocycles. The fraction of sp³-hybridized carbons (Fsp3) is 0. The van der Waals surface area contributed by atoms with Gasteiger partial charge in [-0.25, -0.2) is 14.6 Å². The van der Waals surface area contributed by atoms with Crippen molar-refractivity contribution in [3.63, 3.8) is 0 Å². The van der Waals surface area contributed by atoms with Gasteiger partial charge < -0.3 is 0 Å². The number of nitrogens with one attached hydrogen (secondary N) is 1. The molecule has 0 amide bonds. The van der Waals surface area contributed by atoms with Crippen molar-refractivity contribution in [3.8, 4) is 5.69 Å². The molecule has 4 rings (SSSR count). The Labute approximate surface area is 138 Å². The van der Waals surface area contributed by atoms with E-state index in [1.54, 1.807) is 17.1 Å². The van der Waals surface area contributed by atoms with Crippen LogP contribution in [0.1, 0.15) is 5.56 Å². The number of rotatable bonds is 4. The zero-order valence-corrected chi connectivity index (χ0v) is 12.7. The number of fused-ring (bicyclic) bond motifs is 1. The lowest BCUT2D eigenvalue weighted by Crippen LogP contribution is -1.99. The quantitative estimate of drug-likeness (QED) is 0.464. The molecule has 0 spiro atoms. The molecule has 0 radical (unpaired) electrons. The number of hydrogen-bond donors (Lipinski definition) is 1. The van der Waals surface area contributed by atoms with Crippen LogP contribution >= 0.6 is 0 Å². The molecule has 0 aliphatic heterocycles. The van der Waals surface area contributed by atoms with Gasteiger partial charge in [0.2, 0.25) is 0 Å². The number of anilines is 1. The summed E-state index contributed by atoms with van der Waals surface area (Å²) in [6.07, 6.45) is 4.99. The van der Waals surface area contributed by atoms with Crippen molar-refractivity contribution >= 4 is 23.1 Å². The van der Waals surface area contributed by atoms with Crippen molar-refractivity contribution in [2.75, 3.05) is 5.43 Å². The SMILES string of the molecule is C(=NNc1ncnc2c1cnn2-c1ccccc1)c1ccccc1. The minimum Gasteiger partial charge on any atom is -0.261 e. The number of nitrogens with zero attached hydrogens (tertiary/aromatic N) is 5. The number of para-hydroxylation sites is 1. The first-order chi connectivity index (χ1) is 11.9. The van der Waals surface area contributed by atoms with Gasteiger partial charge in [0.25, 0.3) is 0 Å². The van der Waals surface area contributed by atoms with E-state index in [4.69, 9.17) is 0 Å². The molecule has 0 bridgehead atoms. The van der Waals surface area contributed by atoms with Crippen molar-refractivity contribution in [2.24, 2.45) is 5.10 Å². The molecule has 4 aromatic rings. The normalized spacial score (nSPS) is 11.2. The minimum absolute atomic E-state index is 0.620. The second-order valence-electron chi connectivity index (χ2n) is 5.13. The van der Waals surface area contributed by atoms with Crippen LogP contribution in [0, 0.1) is 0 Å². The molecule has 0 fully saturated rings. The van der Waals surface area contributed by atoms with E-state index in [2.05, 4.69) is 25.6 Å². The van der Waals surface area contributed by atoms with Gasteiger partial charge in [-0.05, 0) is 17.7 Å². The van der Waals surface area contributed by atoms with E-state index in [-0.39, 0.29) is 0 Å². The Balaban J connectivity index is 1.65. The Morgan fingerprint density at radius 2 is 1.67 bits per heavy atom. The summed E-state index contributed by atoms with van der Waals surface area (Å²) in [5.74, 6) is 0.620. The van der Waals surface area contributed by atoms with Crippen molar-refractivity contribution < 1.29 is 0 Å². The third kappa shape index (κ3) is 2.72. The van der Waals surface area contributed by atoms with Crippen LogP contribution in [-0.4, -0.2) is 26.0 Å². The molecule has 0 saturated carbocycles. The van der Waals surface area contributed by atoms with Crippen LogP contribution in [-0.2, 0) is 0 Å². The van der Waals surface area contributed by atoms with Gasteiger partial charge >= 0.3 is 0 Å². The molecule has 0 unspecified atom stereocenters. The molecule has 6 nitrogen and oxygen atoms in total. The van der Waals surface area contributed by atoms with Gasteiger partial charge in [-0.3, -0.25) is 5.43 Å². The van der Waals surface area contributed by atoms with Crippen LogP contribution in [0.15, 0.2) is 78.3 Å². The lowest BCUT2D eigenvalue weighted by molar-refractivity contribution is 0.895. The Kier molecular flexibility index (Phi) is 3.69. The molecule has 0 saturated heterocycles. The Bertz CT molecular complexity index is 976. The van der Waals surface area contributed by atoms with Gasteiger partial charge in [0.15, 0.2) is 11.5 Å². The largest absolute Gasteiger partial charge is 0.261 e. The molecule has 0 aliphatic carbocycles. The van der Waals surface area contributed by atoms with Crippen LogP contribution in [0.25, 0.3) is 16.7 Å². The molecule has 2 heterocycles. The zero-order chi connectivity index (χ0) is 16.2. The highest BCUT2D eigenvalue weighted by Crippen LogP contribution is 2.21. The summed E-state index contributed by atoms with van der Waals surface area (Å²) in [7, 11) is 0. The summed E-state index contributed by atoms with van der Waals surface area (Å²) in [5.41, 5.74) is 5.65. The highest BCUT2D eigenvalue weighted by molar-refractivity contribution is 5.88. The van der Waals surface area contributed by atoms with Gasteiger partial charge in [0.05, 0.1) is 23.5 Å². The Hall–Kier alpha value is -3.54. The summed E-state index contributed by atoms with van der Waals surface area (Å²) in [6.45, 7) is 0. The molecule has 24 heavy (non-hydrogen) atoms. The molecular formula is C18H14N6. The summed E-state index contributed by atoms with van der Waals surface area (Å²) in [5, 5.41) is 9.47. The maximum Gasteiger partial charge on any atom is 0.168 e. The van der Waals surface area contributed by atoms with Crippen molar-refractivity contribution in [1.29, 1.82) is 0 Å². The Morgan fingerprint density at radius 1 is 0.917 bits per heavy atom. The number of benzene rings is 2. The van der Waals surface area contributed by atoms with Crippen molar-refractivity contribution in [3.05, 3.63) is 78.8 Å². The van der Waals surface area contributed by atoms with E-state index >= 15 is 0 Å². The number of hydrogen-bond acceptors (Lipinski definition) is 5. The van der Waals surface area contributed by atoms with Crippen LogP contribution in [0.2, 0.25) is 0 Å². The second kappa shape index (κ2) is 6.29. The summed E-state index contributed by atoms with van der Waals surface area (Å²) in [6, 6.07) is 19.7. The lowest BCUT2D eigenvalue weighted by atomic mass is 10.2. The summed E-state index contributed by atoms with van der Waals surface area (Å²) < 4.78 is 1.78. The second-order valence-corrected chi connectivity index (χ2v) is 5.13. The topological polar surface area (TPSA) is 68.0 Å². The van der Waals surface area contributed by atoms with Gasteiger partial charge in [-0.1, -0.05) is 48.5 Å². The van der Waals surface area contributed by atoms with E-state index in [1.165, 1.54) is 6.33 Å². The van der Waals surface area contributed by atoms with E-state index in [1.807, 2.05) is 60.7 Å². The molecule has 1 N–H and O–H groups in total. The lowest BCUT2D eigenvalue weighted by Gasteiger charge is -2.03. The number of hydrazone groups is 1. The fourth-order valence-electron chi connectivity index (χ4n) is 2.40. The maximum atomic E-state index is 4.41. The van der Waals surface area contributed by atoms with Crippen LogP contribution in [0.3, 0.4) is 0 Å². The maximum absolute atomic E-state index is 4.41. The fourth-order valence-corrected chi connectivity index (χ4v) is 2.40. The first-order valence-corrected chi connectivity index (χ1v) is 7.50. The summed E-state index contributed by atoms with van der Waals surface area (Å²) >= 11 is 0. The standard InChI is InChI=1S/C18H14N6/c1-3-7-14(8-4-1)11-21-23-17-16-12-22-24(18(16)20-13-19-17)15-9-5-2-6-10-15/h1-13H,(H,19,20,23). The average molecular weight is 314 g/mol. The van der Waals surface area contributed by atoms with Crippen LogP contribution in [0.5, 0.6) is 0 Å². The van der Waals surface area contributed by atoms with Crippen LogP contribution in [0.4, 0.5) is 5.82 Å². The smallest absolute Gasteiger partial charge is 0.168 e. The van der Waals surface area contributed by atoms with E-state index in [0.717, 1.165) is 22.3 Å². The Morgan fingerprint density at radius 3 is 2.46 bits per heavy atom. The minimum atomic E-state index is 0.620. The van der Waals surface area contributed by atoms with E-state index in [0.29, 0.717) is 5.82 Å². The molecule has 0 aliphatic rings. The third-order valence-electron chi connectivity index (χ3n) is 3.55. The number of aromatic nitrogens is 4. The first-order valence-electron chi connectivity index (χ1n) is 7.50. The monoisotopic (exact) mass is 314 g/mol. The zero-order valence-electron chi connectivity index (χ0n) is 12.7. The van der Waals surface area contributed by atoms with Gasteiger partial charge in [0, 0.05) is 0 Å². The average Bonchev–Trinajstić information content (AvgIpc) is 3.08.